The summed E-state index contributed by atoms with van der Waals surface area (Å²) in [6, 6.07) is 5.70. The number of rotatable bonds is 6. The molecule has 0 spiro atoms. The highest BCUT2D eigenvalue weighted by atomic mass is 19.1. The molecule has 0 heterocycles. The summed E-state index contributed by atoms with van der Waals surface area (Å²) in [5, 5.41) is 8.44. The lowest BCUT2D eigenvalue weighted by Gasteiger charge is -2.59. The van der Waals surface area contributed by atoms with Crippen LogP contribution in [-0.4, -0.2) is 24.5 Å². The first-order valence-electron chi connectivity index (χ1n) is 10.5. The maximum atomic E-state index is 12.9. The fourth-order valence-electron chi connectivity index (χ4n) is 6.16. The fourth-order valence-corrected chi connectivity index (χ4v) is 6.16. The summed E-state index contributed by atoms with van der Waals surface area (Å²) < 4.78 is 12.9. The standard InChI is InChI=1S/C22H30FN3O2/c1-14(22-9-16-6-17(10-22)8-18(7-16)11-22)26-20(27)13-25-21(28)24-12-15-2-4-19(23)5-3-15/h2-5,14,16-18H,6-13H2,1H3,(H,26,27)(H2,24,25,28). The Labute approximate surface area is 165 Å². The van der Waals surface area contributed by atoms with Crippen molar-refractivity contribution in [1.29, 1.82) is 0 Å². The fraction of sp³-hybridized carbons (Fsp3) is 0.636. The summed E-state index contributed by atoms with van der Waals surface area (Å²) in [6.45, 7) is 2.39. The number of hydrogen-bond acceptors (Lipinski definition) is 2. The maximum Gasteiger partial charge on any atom is 0.315 e. The lowest BCUT2D eigenvalue weighted by molar-refractivity contribution is -0.124. The van der Waals surface area contributed by atoms with E-state index in [0.29, 0.717) is 0 Å². The molecule has 4 saturated carbocycles. The van der Waals surface area contributed by atoms with Crippen LogP contribution in [0.2, 0.25) is 0 Å². The minimum atomic E-state index is -0.401. The SMILES string of the molecule is CC(NC(=O)CNC(=O)NCc1ccc(F)cc1)C12CC3CC(CC(C3)C1)C2. The normalized spacial score (nSPS) is 31.3. The number of amides is 3. The van der Waals surface area contributed by atoms with Crippen molar-refractivity contribution in [3.63, 3.8) is 0 Å². The minimum Gasteiger partial charge on any atom is -0.352 e. The Morgan fingerprint density at radius 1 is 1.04 bits per heavy atom. The van der Waals surface area contributed by atoms with Crippen LogP contribution in [0, 0.1) is 29.0 Å². The minimum absolute atomic E-state index is 0.0358. The van der Waals surface area contributed by atoms with Crippen molar-refractivity contribution in [3.8, 4) is 0 Å². The van der Waals surface area contributed by atoms with Gasteiger partial charge in [-0.1, -0.05) is 12.1 Å². The molecule has 0 saturated heterocycles. The van der Waals surface area contributed by atoms with Gasteiger partial charge in [-0.2, -0.15) is 0 Å². The summed E-state index contributed by atoms with van der Waals surface area (Å²) in [7, 11) is 0. The third kappa shape index (κ3) is 4.15. The highest BCUT2D eigenvalue weighted by molar-refractivity contribution is 5.84. The van der Waals surface area contributed by atoms with E-state index < -0.39 is 6.03 Å². The first kappa shape index (κ1) is 19.2. The number of benzene rings is 1. The monoisotopic (exact) mass is 387 g/mol. The lowest BCUT2D eigenvalue weighted by Crippen LogP contribution is -2.56. The van der Waals surface area contributed by atoms with Gasteiger partial charge in [-0.15, -0.1) is 0 Å². The summed E-state index contributed by atoms with van der Waals surface area (Å²) in [4.78, 5) is 24.3. The molecule has 1 aromatic carbocycles. The van der Waals surface area contributed by atoms with Crippen LogP contribution in [0.15, 0.2) is 24.3 Å². The maximum absolute atomic E-state index is 12.9. The van der Waals surface area contributed by atoms with Crippen LogP contribution < -0.4 is 16.0 Å². The Morgan fingerprint density at radius 3 is 2.18 bits per heavy atom. The molecule has 152 valence electrons. The molecular weight excluding hydrogens is 357 g/mol. The van der Waals surface area contributed by atoms with Gasteiger partial charge in [-0.25, -0.2) is 9.18 Å². The molecule has 0 aromatic heterocycles. The zero-order valence-corrected chi connectivity index (χ0v) is 16.5. The summed E-state index contributed by atoms with van der Waals surface area (Å²) >= 11 is 0. The van der Waals surface area contributed by atoms with E-state index in [9.17, 15) is 14.0 Å². The van der Waals surface area contributed by atoms with Crippen LogP contribution in [-0.2, 0) is 11.3 Å². The summed E-state index contributed by atoms with van der Waals surface area (Å²) in [5.74, 6) is 2.10. The largest absolute Gasteiger partial charge is 0.352 e. The van der Waals surface area contributed by atoms with Crippen molar-refractivity contribution in [2.75, 3.05) is 6.54 Å². The molecule has 3 amide bonds. The Kier molecular flexibility index (Phi) is 5.30. The average Bonchev–Trinajstić information content (AvgIpc) is 2.65. The molecule has 4 bridgehead atoms. The number of carbonyl (C=O) groups excluding carboxylic acids is 2. The topological polar surface area (TPSA) is 70.2 Å². The van der Waals surface area contributed by atoms with Gasteiger partial charge < -0.3 is 16.0 Å². The number of hydrogen-bond donors (Lipinski definition) is 3. The number of urea groups is 1. The Morgan fingerprint density at radius 2 is 1.61 bits per heavy atom. The van der Waals surface area contributed by atoms with Crippen LogP contribution in [0.3, 0.4) is 0 Å². The van der Waals surface area contributed by atoms with Crippen molar-refractivity contribution in [1.82, 2.24) is 16.0 Å². The second kappa shape index (κ2) is 7.72. The van der Waals surface area contributed by atoms with Gasteiger partial charge in [0.05, 0.1) is 6.54 Å². The van der Waals surface area contributed by atoms with E-state index in [1.807, 2.05) is 0 Å². The van der Waals surface area contributed by atoms with Crippen molar-refractivity contribution in [2.45, 2.75) is 58.0 Å². The van der Waals surface area contributed by atoms with Crippen molar-refractivity contribution in [3.05, 3.63) is 35.6 Å². The van der Waals surface area contributed by atoms with Gasteiger partial charge in [-0.05, 0) is 86.3 Å². The van der Waals surface area contributed by atoms with Gasteiger partial charge in [-0.3, -0.25) is 4.79 Å². The first-order valence-corrected chi connectivity index (χ1v) is 10.5. The number of halogens is 1. The highest BCUT2D eigenvalue weighted by Crippen LogP contribution is 2.61. The molecule has 1 atom stereocenters. The quantitative estimate of drug-likeness (QED) is 0.701. The van der Waals surface area contributed by atoms with Gasteiger partial charge in [0.25, 0.3) is 0 Å². The molecule has 6 heteroatoms. The van der Waals surface area contributed by atoms with Crippen molar-refractivity contribution < 1.29 is 14.0 Å². The van der Waals surface area contributed by atoms with E-state index in [1.54, 1.807) is 12.1 Å². The van der Waals surface area contributed by atoms with Gasteiger partial charge in [0, 0.05) is 12.6 Å². The number of carbonyl (C=O) groups is 2. The molecule has 0 aliphatic heterocycles. The molecule has 3 N–H and O–H groups in total. The van der Waals surface area contributed by atoms with E-state index in [0.717, 1.165) is 23.3 Å². The molecule has 5 rings (SSSR count). The van der Waals surface area contributed by atoms with Crippen molar-refractivity contribution in [2.24, 2.45) is 23.2 Å². The van der Waals surface area contributed by atoms with Crippen LogP contribution >= 0.6 is 0 Å². The van der Waals surface area contributed by atoms with Gasteiger partial charge in [0.2, 0.25) is 5.91 Å². The Hall–Kier alpha value is -2.11. The molecule has 5 nitrogen and oxygen atoms in total. The predicted octanol–water partition coefficient (Wildman–Crippen LogP) is 3.35. The third-order valence-corrected chi connectivity index (χ3v) is 7.16. The average molecular weight is 387 g/mol. The van der Waals surface area contributed by atoms with Crippen LogP contribution in [0.4, 0.5) is 9.18 Å². The molecular formula is C22H30FN3O2. The van der Waals surface area contributed by atoms with E-state index in [4.69, 9.17) is 0 Å². The van der Waals surface area contributed by atoms with Gasteiger partial charge >= 0.3 is 6.03 Å². The molecule has 0 radical (unpaired) electrons. The van der Waals surface area contributed by atoms with E-state index in [-0.39, 0.29) is 36.3 Å². The molecule has 1 aromatic rings. The molecule has 1 unspecified atom stereocenters. The van der Waals surface area contributed by atoms with Crippen LogP contribution in [0.5, 0.6) is 0 Å². The zero-order valence-electron chi connectivity index (χ0n) is 16.5. The van der Waals surface area contributed by atoms with Gasteiger partial charge in [0.15, 0.2) is 0 Å². The smallest absolute Gasteiger partial charge is 0.315 e. The second-order valence-corrected chi connectivity index (χ2v) is 9.23. The summed E-state index contributed by atoms with van der Waals surface area (Å²) in [5.41, 5.74) is 1.06. The van der Waals surface area contributed by atoms with Crippen LogP contribution in [0.1, 0.15) is 51.0 Å². The van der Waals surface area contributed by atoms with E-state index in [2.05, 4.69) is 22.9 Å². The van der Waals surface area contributed by atoms with E-state index in [1.165, 1.54) is 50.7 Å². The van der Waals surface area contributed by atoms with Crippen LogP contribution in [0.25, 0.3) is 0 Å². The zero-order chi connectivity index (χ0) is 19.7. The molecule has 4 aliphatic carbocycles. The second-order valence-electron chi connectivity index (χ2n) is 9.23. The van der Waals surface area contributed by atoms with Gasteiger partial charge in [0.1, 0.15) is 5.82 Å². The Bertz CT molecular complexity index is 699. The summed E-state index contributed by atoms with van der Waals surface area (Å²) in [6.07, 6.45) is 7.88. The highest BCUT2D eigenvalue weighted by Gasteiger charge is 2.53. The molecule has 28 heavy (non-hydrogen) atoms. The number of nitrogens with one attached hydrogen (secondary N) is 3. The predicted molar refractivity (Wildman–Crippen MR) is 105 cm³/mol. The molecule has 4 aliphatic rings. The third-order valence-electron chi connectivity index (χ3n) is 7.16. The first-order chi connectivity index (χ1) is 13.4. The lowest BCUT2D eigenvalue weighted by atomic mass is 9.48. The molecule has 4 fully saturated rings. The van der Waals surface area contributed by atoms with E-state index >= 15 is 0 Å². The van der Waals surface area contributed by atoms with Crippen molar-refractivity contribution >= 4 is 11.9 Å². The Balaban J connectivity index is 1.21.